The number of carboxylic acid groups (broad SMARTS) is 1. The van der Waals surface area contributed by atoms with Crippen LogP contribution < -0.4 is 0 Å². The second-order valence-electron chi connectivity index (χ2n) is 5.27. The van der Waals surface area contributed by atoms with Crippen molar-refractivity contribution in [2.45, 2.75) is 39.7 Å². The number of ether oxygens (including phenoxy) is 2. The molecular weight excluding hydrogens is 236 g/mol. The highest BCUT2D eigenvalue weighted by Gasteiger charge is 2.35. The summed E-state index contributed by atoms with van der Waals surface area (Å²) < 4.78 is 10.5. The van der Waals surface area contributed by atoms with Gasteiger partial charge in [-0.1, -0.05) is 13.8 Å². The van der Waals surface area contributed by atoms with Crippen molar-refractivity contribution in [1.82, 2.24) is 0 Å². The van der Waals surface area contributed by atoms with E-state index in [-0.39, 0.29) is 30.5 Å². The molecule has 1 fully saturated rings. The normalized spacial score (nSPS) is 31.9. The Kier molecular flexibility index (Phi) is 5.59. The van der Waals surface area contributed by atoms with Crippen molar-refractivity contribution in [2.24, 2.45) is 17.8 Å². The van der Waals surface area contributed by atoms with Crippen molar-refractivity contribution < 1.29 is 24.2 Å². The van der Waals surface area contributed by atoms with Crippen LogP contribution >= 0.6 is 0 Å². The second kappa shape index (κ2) is 6.73. The van der Waals surface area contributed by atoms with E-state index >= 15 is 0 Å². The Morgan fingerprint density at radius 1 is 1.22 bits per heavy atom. The van der Waals surface area contributed by atoms with E-state index in [0.717, 1.165) is 12.8 Å². The molecule has 0 radical (unpaired) electrons. The van der Waals surface area contributed by atoms with Crippen molar-refractivity contribution in [3.8, 4) is 0 Å². The van der Waals surface area contributed by atoms with E-state index in [1.54, 1.807) is 0 Å². The summed E-state index contributed by atoms with van der Waals surface area (Å²) in [5.41, 5.74) is 0. The van der Waals surface area contributed by atoms with Crippen LogP contribution in [0.25, 0.3) is 0 Å². The summed E-state index contributed by atoms with van der Waals surface area (Å²) in [6.45, 7) is 5.78. The number of aliphatic carboxylic acids is 1. The molecule has 1 saturated carbocycles. The van der Waals surface area contributed by atoms with Crippen LogP contribution in [-0.4, -0.2) is 36.4 Å². The van der Waals surface area contributed by atoms with E-state index in [2.05, 4.69) is 13.8 Å². The van der Waals surface area contributed by atoms with Crippen LogP contribution in [0.5, 0.6) is 0 Å². The minimum Gasteiger partial charge on any atom is -0.480 e. The molecule has 2 unspecified atom stereocenters. The largest absolute Gasteiger partial charge is 0.480 e. The van der Waals surface area contributed by atoms with Gasteiger partial charge in [0.25, 0.3) is 0 Å². The smallest absolute Gasteiger partial charge is 0.329 e. The summed E-state index contributed by atoms with van der Waals surface area (Å²) in [5.74, 6) is -0.253. The molecule has 1 aliphatic rings. The molecule has 5 heteroatoms. The third-order valence-corrected chi connectivity index (χ3v) is 3.41. The van der Waals surface area contributed by atoms with Crippen molar-refractivity contribution in [3.05, 3.63) is 0 Å². The third kappa shape index (κ3) is 4.64. The number of carboxylic acids is 1. The Bertz CT molecular complexity index is 290. The maximum Gasteiger partial charge on any atom is 0.329 e. The van der Waals surface area contributed by atoms with Crippen LogP contribution in [0.15, 0.2) is 0 Å². The summed E-state index contributed by atoms with van der Waals surface area (Å²) in [6.07, 6.45) is 1.78. The summed E-state index contributed by atoms with van der Waals surface area (Å²) in [4.78, 5) is 21.4. The Balaban J connectivity index is 2.40. The van der Waals surface area contributed by atoms with E-state index in [1.807, 2.05) is 0 Å². The molecule has 0 aliphatic heterocycles. The van der Waals surface area contributed by atoms with Crippen molar-refractivity contribution in [2.75, 3.05) is 13.2 Å². The monoisotopic (exact) mass is 258 g/mol. The summed E-state index contributed by atoms with van der Waals surface area (Å²) in [7, 11) is 0. The van der Waals surface area contributed by atoms with Gasteiger partial charge in [0.1, 0.15) is 12.7 Å². The maximum atomic E-state index is 11.0. The predicted octanol–water partition coefficient (Wildman–Crippen LogP) is 1.70. The highest BCUT2D eigenvalue weighted by atomic mass is 16.5. The Labute approximate surface area is 107 Å². The molecule has 0 saturated heterocycles. The van der Waals surface area contributed by atoms with Crippen molar-refractivity contribution >= 4 is 11.9 Å². The molecule has 104 valence electrons. The first-order valence-electron chi connectivity index (χ1n) is 6.37. The van der Waals surface area contributed by atoms with Crippen LogP contribution in [-0.2, 0) is 19.1 Å². The fraction of sp³-hybridized carbons (Fsp3) is 0.846. The molecule has 0 aromatic heterocycles. The minimum atomic E-state index is -0.940. The lowest BCUT2D eigenvalue weighted by atomic mass is 9.75. The van der Waals surface area contributed by atoms with Gasteiger partial charge in [-0.05, 0) is 30.6 Å². The first-order chi connectivity index (χ1) is 8.40. The van der Waals surface area contributed by atoms with Gasteiger partial charge in [-0.15, -0.1) is 0 Å². The summed E-state index contributed by atoms with van der Waals surface area (Å²) >= 11 is 0. The molecule has 1 aliphatic carbocycles. The maximum absolute atomic E-state index is 11.0. The van der Waals surface area contributed by atoms with Crippen LogP contribution in [0, 0.1) is 17.8 Å². The van der Waals surface area contributed by atoms with Gasteiger partial charge in [0.2, 0.25) is 0 Å². The lowest BCUT2D eigenvalue weighted by Crippen LogP contribution is -2.39. The van der Waals surface area contributed by atoms with Gasteiger partial charge in [0.05, 0.1) is 6.61 Å². The summed E-state index contributed by atoms with van der Waals surface area (Å²) in [6, 6.07) is 0. The number of hydrogen-bond acceptors (Lipinski definition) is 4. The van der Waals surface area contributed by atoms with E-state index in [4.69, 9.17) is 14.6 Å². The zero-order valence-electron chi connectivity index (χ0n) is 11.2. The topological polar surface area (TPSA) is 72.8 Å². The SMILES string of the molecule is CC(=O)OC1C(C)CC(COCC(=O)O)CC1C. The van der Waals surface area contributed by atoms with Gasteiger partial charge in [0.15, 0.2) is 0 Å². The molecule has 18 heavy (non-hydrogen) atoms. The molecule has 5 nitrogen and oxygen atoms in total. The lowest BCUT2D eigenvalue weighted by Gasteiger charge is -2.38. The third-order valence-electron chi connectivity index (χ3n) is 3.41. The standard InChI is InChI=1S/C13H22O5/c1-8-4-11(6-17-7-12(15)16)5-9(2)13(8)18-10(3)14/h8-9,11,13H,4-7H2,1-3H3,(H,15,16). The minimum absolute atomic E-state index is 0.0294. The van der Waals surface area contributed by atoms with Crippen LogP contribution in [0.1, 0.15) is 33.6 Å². The van der Waals surface area contributed by atoms with E-state index in [0.29, 0.717) is 12.5 Å². The molecule has 0 amide bonds. The first-order valence-corrected chi connectivity index (χ1v) is 6.37. The number of hydrogen-bond donors (Lipinski definition) is 1. The number of carbonyl (C=O) groups is 2. The van der Waals surface area contributed by atoms with E-state index in [1.165, 1.54) is 6.92 Å². The Morgan fingerprint density at radius 3 is 2.22 bits per heavy atom. The van der Waals surface area contributed by atoms with Crippen LogP contribution in [0.3, 0.4) is 0 Å². The molecular formula is C13H22O5. The fourth-order valence-corrected chi connectivity index (χ4v) is 2.85. The van der Waals surface area contributed by atoms with E-state index < -0.39 is 5.97 Å². The Hall–Kier alpha value is -1.10. The number of carbonyl (C=O) groups excluding carboxylic acids is 1. The second-order valence-corrected chi connectivity index (χ2v) is 5.27. The van der Waals surface area contributed by atoms with Gasteiger partial charge in [-0.2, -0.15) is 0 Å². The van der Waals surface area contributed by atoms with Gasteiger partial charge in [-0.25, -0.2) is 4.79 Å². The highest BCUT2D eigenvalue weighted by Crippen LogP contribution is 2.35. The highest BCUT2D eigenvalue weighted by molar-refractivity contribution is 5.68. The van der Waals surface area contributed by atoms with E-state index in [9.17, 15) is 9.59 Å². The first kappa shape index (κ1) is 15.0. The molecule has 1 N–H and O–H groups in total. The van der Waals surface area contributed by atoms with Crippen molar-refractivity contribution in [3.63, 3.8) is 0 Å². The lowest BCUT2D eigenvalue weighted by molar-refractivity contribution is -0.156. The molecule has 1 rings (SSSR count). The molecule has 0 aromatic rings. The molecule has 0 aromatic carbocycles. The zero-order valence-corrected chi connectivity index (χ0v) is 11.2. The van der Waals surface area contributed by atoms with Gasteiger partial charge < -0.3 is 14.6 Å². The van der Waals surface area contributed by atoms with Crippen LogP contribution in [0.2, 0.25) is 0 Å². The predicted molar refractivity (Wildman–Crippen MR) is 65.1 cm³/mol. The average molecular weight is 258 g/mol. The zero-order chi connectivity index (χ0) is 13.7. The van der Waals surface area contributed by atoms with Gasteiger partial charge >= 0.3 is 11.9 Å². The van der Waals surface area contributed by atoms with Gasteiger partial charge in [0, 0.05) is 6.92 Å². The molecule has 0 spiro atoms. The number of rotatable bonds is 5. The average Bonchev–Trinajstić information content (AvgIpc) is 2.22. The van der Waals surface area contributed by atoms with Gasteiger partial charge in [-0.3, -0.25) is 4.79 Å². The fourth-order valence-electron chi connectivity index (χ4n) is 2.85. The molecule has 0 heterocycles. The Morgan fingerprint density at radius 2 is 1.78 bits per heavy atom. The summed E-state index contributed by atoms with van der Waals surface area (Å²) in [5, 5.41) is 8.51. The molecule has 0 bridgehead atoms. The molecule has 2 atom stereocenters. The quantitative estimate of drug-likeness (QED) is 0.760. The van der Waals surface area contributed by atoms with Crippen molar-refractivity contribution in [1.29, 1.82) is 0 Å². The number of esters is 1. The van der Waals surface area contributed by atoms with Crippen LogP contribution in [0.4, 0.5) is 0 Å².